The van der Waals surface area contributed by atoms with Crippen LogP contribution in [0.1, 0.15) is 18.0 Å². The summed E-state index contributed by atoms with van der Waals surface area (Å²) < 4.78 is 27.1. The summed E-state index contributed by atoms with van der Waals surface area (Å²) >= 11 is 0. The lowest BCUT2D eigenvalue weighted by Crippen LogP contribution is -2.38. The van der Waals surface area contributed by atoms with Crippen LogP contribution in [0.15, 0.2) is 18.2 Å². The Kier molecular flexibility index (Phi) is 4.35. The van der Waals surface area contributed by atoms with Crippen molar-refractivity contribution >= 4 is 5.91 Å². The number of nitrogens with zero attached hydrogens (tertiary/aromatic N) is 2. The van der Waals surface area contributed by atoms with Crippen molar-refractivity contribution in [2.24, 2.45) is 0 Å². The van der Waals surface area contributed by atoms with E-state index in [0.29, 0.717) is 0 Å². The molecule has 2 rings (SSSR count). The van der Waals surface area contributed by atoms with E-state index >= 15 is 0 Å². The molecule has 20 heavy (non-hydrogen) atoms. The lowest BCUT2D eigenvalue weighted by Gasteiger charge is -2.26. The Bertz CT molecular complexity index is 508. The molecule has 110 valence electrons. The van der Waals surface area contributed by atoms with E-state index in [1.165, 1.54) is 4.90 Å². The Labute approximate surface area is 116 Å². The largest absolute Gasteiger partial charge is 0.391 e. The summed E-state index contributed by atoms with van der Waals surface area (Å²) in [6.45, 7) is 0.313. The number of carbonyl (C=O) groups excluding carboxylic acids is 1. The lowest BCUT2D eigenvalue weighted by atomic mass is 10.0. The Morgan fingerprint density at radius 2 is 2.15 bits per heavy atom. The third kappa shape index (κ3) is 3.13. The quantitative estimate of drug-likeness (QED) is 0.906. The maximum absolute atomic E-state index is 13.9. The van der Waals surface area contributed by atoms with Crippen molar-refractivity contribution in [2.75, 3.05) is 27.2 Å². The van der Waals surface area contributed by atoms with Crippen LogP contribution in [0.25, 0.3) is 0 Å². The van der Waals surface area contributed by atoms with Crippen molar-refractivity contribution in [3.05, 3.63) is 35.4 Å². The average Bonchev–Trinajstić information content (AvgIpc) is 2.73. The number of β-amino-alcohol motifs (C(OH)–C–C–N with tert-alkyl or cyclic N) is 1. The SMILES string of the molecule is CN(C)CC(=O)N1C[C@@H](O)C[C@H]1c1cc(F)ccc1F. The normalized spacial score (nSPS) is 22.6. The van der Waals surface area contributed by atoms with Gasteiger partial charge in [-0.2, -0.15) is 0 Å². The lowest BCUT2D eigenvalue weighted by molar-refractivity contribution is -0.133. The van der Waals surface area contributed by atoms with Crippen LogP contribution in [-0.2, 0) is 4.79 Å². The van der Waals surface area contributed by atoms with Gasteiger partial charge in [-0.05, 0) is 38.7 Å². The molecule has 1 aliphatic heterocycles. The third-order valence-corrected chi connectivity index (χ3v) is 3.37. The van der Waals surface area contributed by atoms with E-state index in [4.69, 9.17) is 0 Å². The number of aliphatic hydroxyl groups is 1. The van der Waals surface area contributed by atoms with E-state index in [1.807, 2.05) is 0 Å². The molecule has 1 aromatic carbocycles. The summed E-state index contributed by atoms with van der Waals surface area (Å²) in [7, 11) is 3.50. The second kappa shape index (κ2) is 5.85. The van der Waals surface area contributed by atoms with E-state index in [9.17, 15) is 18.7 Å². The van der Waals surface area contributed by atoms with Gasteiger partial charge in [0.05, 0.1) is 18.7 Å². The molecule has 1 aromatic rings. The fraction of sp³-hybridized carbons (Fsp3) is 0.500. The van der Waals surface area contributed by atoms with Crippen molar-refractivity contribution in [2.45, 2.75) is 18.6 Å². The molecule has 4 nitrogen and oxygen atoms in total. The predicted octanol–water partition coefficient (Wildman–Crippen LogP) is 1.16. The number of benzene rings is 1. The number of carbonyl (C=O) groups is 1. The maximum atomic E-state index is 13.9. The molecule has 0 saturated carbocycles. The van der Waals surface area contributed by atoms with Gasteiger partial charge in [-0.15, -0.1) is 0 Å². The van der Waals surface area contributed by atoms with E-state index in [0.717, 1.165) is 18.2 Å². The van der Waals surface area contributed by atoms with Crippen LogP contribution < -0.4 is 0 Å². The molecular weight excluding hydrogens is 266 g/mol. The molecular formula is C14H18F2N2O2. The van der Waals surface area contributed by atoms with Gasteiger partial charge in [0.2, 0.25) is 5.91 Å². The number of amides is 1. The van der Waals surface area contributed by atoms with Crippen molar-refractivity contribution in [1.29, 1.82) is 0 Å². The van der Waals surface area contributed by atoms with Gasteiger partial charge in [-0.1, -0.05) is 0 Å². The second-order valence-corrected chi connectivity index (χ2v) is 5.36. The van der Waals surface area contributed by atoms with Crippen molar-refractivity contribution in [1.82, 2.24) is 9.80 Å². The van der Waals surface area contributed by atoms with Gasteiger partial charge in [-0.25, -0.2) is 8.78 Å². The van der Waals surface area contributed by atoms with Gasteiger partial charge in [0, 0.05) is 12.1 Å². The highest BCUT2D eigenvalue weighted by atomic mass is 19.1. The number of likely N-dealkylation sites (tertiary alicyclic amines) is 1. The first-order valence-corrected chi connectivity index (χ1v) is 6.45. The summed E-state index contributed by atoms with van der Waals surface area (Å²) in [5.74, 6) is -1.32. The zero-order valence-corrected chi connectivity index (χ0v) is 11.5. The molecule has 0 unspecified atom stereocenters. The molecule has 0 radical (unpaired) electrons. The highest BCUT2D eigenvalue weighted by Crippen LogP contribution is 2.34. The first-order chi connectivity index (χ1) is 9.38. The van der Waals surface area contributed by atoms with Crippen LogP contribution in [0.5, 0.6) is 0 Å². The Balaban J connectivity index is 2.28. The smallest absolute Gasteiger partial charge is 0.237 e. The van der Waals surface area contributed by atoms with Crippen LogP contribution in [-0.4, -0.2) is 54.1 Å². The molecule has 0 aromatic heterocycles. The van der Waals surface area contributed by atoms with Crippen LogP contribution in [0.4, 0.5) is 8.78 Å². The summed E-state index contributed by atoms with van der Waals surface area (Å²) in [5.41, 5.74) is 0.119. The van der Waals surface area contributed by atoms with E-state index in [1.54, 1.807) is 19.0 Å². The third-order valence-electron chi connectivity index (χ3n) is 3.37. The number of likely N-dealkylation sites (N-methyl/N-ethyl adjacent to an activating group) is 1. The first kappa shape index (κ1) is 14.9. The van der Waals surface area contributed by atoms with Gasteiger partial charge in [0.1, 0.15) is 11.6 Å². The maximum Gasteiger partial charge on any atom is 0.237 e. The summed E-state index contributed by atoms with van der Waals surface area (Å²) in [6, 6.07) is 2.56. The fourth-order valence-corrected chi connectivity index (χ4v) is 2.52. The molecule has 6 heteroatoms. The second-order valence-electron chi connectivity index (χ2n) is 5.36. The Morgan fingerprint density at radius 1 is 1.45 bits per heavy atom. The molecule has 1 aliphatic rings. The monoisotopic (exact) mass is 284 g/mol. The van der Waals surface area contributed by atoms with E-state index in [-0.39, 0.29) is 31.0 Å². The summed E-state index contributed by atoms with van der Waals surface area (Å²) in [6.07, 6.45) is -0.492. The predicted molar refractivity (Wildman–Crippen MR) is 70.0 cm³/mol. The number of hydrogen-bond acceptors (Lipinski definition) is 3. The van der Waals surface area contributed by atoms with Crippen LogP contribution in [0.3, 0.4) is 0 Å². The average molecular weight is 284 g/mol. The highest BCUT2D eigenvalue weighted by molar-refractivity contribution is 5.79. The minimum Gasteiger partial charge on any atom is -0.391 e. The van der Waals surface area contributed by atoms with Gasteiger partial charge in [0.15, 0.2) is 0 Å². The summed E-state index contributed by atoms with van der Waals surface area (Å²) in [4.78, 5) is 15.3. The molecule has 1 saturated heterocycles. The molecule has 0 bridgehead atoms. The van der Waals surface area contributed by atoms with Gasteiger partial charge < -0.3 is 14.9 Å². The van der Waals surface area contributed by atoms with Crippen molar-refractivity contribution in [3.8, 4) is 0 Å². The van der Waals surface area contributed by atoms with Gasteiger partial charge in [-0.3, -0.25) is 4.79 Å². The van der Waals surface area contributed by atoms with Crippen LogP contribution >= 0.6 is 0 Å². The highest BCUT2D eigenvalue weighted by Gasteiger charge is 2.36. The molecule has 1 amide bonds. The van der Waals surface area contributed by atoms with Gasteiger partial charge in [0.25, 0.3) is 0 Å². The Morgan fingerprint density at radius 3 is 2.80 bits per heavy atom. The van der Waals surface area contributed by atoms with Crippen molar-refractivity contribution < 1.29 is 18.7 Å². The zero-order chi connectivity index (χ0) is 14.9. The molecule has 2 atom stereocenters. The molecule has 1 heterocycles. The van der Waals surface area contributed by atoms with E-state index < -0.39 is 23.8 Å². The van der Waals surface area contributed by atoms with Crippen molar-refractivity contribution in [3.63, 3.8) is 0 Å². The zero-order valence-electron chi connectivity index (χ0n) is 11.5. The van der Waals surface area contributed by atoms with Crippen LogP contribution in [0.2, 0.25) is 0 Å². The van der Waals surface area contributed by atoms with Gasteiger partial charge >= 0.3 is 0 Å². The summed E-state index contributed by atoms with van der Waals surface area (Å²) in [5, 5.41) is 9.75. The number of halogens is 2. The minimum atomic E-state index is -0.714. The standard InChI is InChI=1S/C14H18F2N2O2/c1-17(2)8-14(20)18-7-10(19)6-13(18)11-5-9(15)3-4-12(11)16/h3-5,10,13,19H,6-8H2,1-2H3/t10-,13-/m0/s1. The number of aliphatic hydroxyl groups excluding tert-OH is 1. The van der Waals surface area contributed by atoms with E-state index in [2.05, 4.69) is 0 Å². The topological polar surface area (TPSA) is 43.8 Å². The molecule has 1 fully saturated rings. The molecule has 0 spiro atoms. The molecule has 0 aliphatic carbocycles. The molecule has 1 N–H and O–H groups in total. The fourth-order valence-electron chi connectivity index (χ4n) is 2.52. The Hall–Kier alpha value is -1.53. The minimum absolute atomic E-state index is 0.119. The van der Waals surface area contributed by atoms with Crippen LogP contribution in [0, 0.1) is 11.6 Å². The first-order valence-electron chi connectivity index (χ1n) is 6.45. The number of rotatable bonds is 3. The number of hydrogen-bond donors (Lipinski definition) is 1.